The van der Waals surface area contributed by atoms with Gasteiger partial charge in [-0.25, -0.2) is 9.97 Å². The van der Waals surface area contributed by atoms with Crippen LogP contribution in [0.2, 0.25) is 0 Å². The molecule has 0 aliphatic carbocycles. The van der Waals surface area contributed by atoms with Gasteiger partial charge in [0.1, 0.15) is 0 Å². The lowest BCUT2D eigenvalue weighted by molar-refractivity contribution is 0.929. The third kappa shape index (κ3) is 3.71. The van der Waals surface area contributed by atoms with E-state index >= 15 is 0 Å². The third-order valence-corrected chi connectivity index (χ3v) is 2.62. The van der Waals surface area contributed by atoms with Gasteiger partial charge in [-0.15, -0.1) is 11.6 Å². The predicted octanol–water partition coefficient (Wildman–Crippen LogP) is 3.39. The summed E-state index contributed by atoms with van der Waals surface area (Å²) in [5.74, 6) is 1.31. The molecule has 2 rings (SSSR count). The number of nitrogens with one attached hydrogen (secondary N) is 1. The third-order valence-electron chi connectivity index (χ3n) is 2.35. The first kappa shape index (κ1) is 11.9. The molecule has 0 aliphatic rings. The van der Waals surface area contributed by atoms with Crippen molar-refractivity contribution in [2.45, 2.75) is 12.8 Å². The standard InChI is InChI=1S/C13H14ClN3/c14-7-2-5-11-4-1-6-12(10-11)17-13-15-8-3-9-16-13/h1,3-4,6,8-10H,2,5,7H2,(H,15,16,17). The van der Waals surface area contributed by atoms with Gasteiger partial charge in [-0.2, -0.15) is 0 Å². The molecule has 0 fully saturated rings. The SMILES string of the molecule is ClCCCc1cccc(Nc2ncccn2)c1. The number of nitrogens with zero attached hydrogens (tertiary/aromatic N) is 2. The minimum atomic E-state index is 0.613. The molecule has 4 heteroatoms. The van der Waals surface area contributed by atoms with Crippen LogP contribution in [0.5, 0.6) is 0 Å². The lowest BCUT2D eigenvalue weighted by Gasteiger charge is -2.06. The van der Waals surface area contributed by atoms with E-state index in [1.54, 1.807) is 18.5 Å². The number of aromatic nitrogens is 2. The molecule has 1 N–H and O–H groups in total. The Hall–Kier alpha value is -1.61. The number of halogens is 1. The van der Waals surface area contributed by atoms with E-state index in [9.17, 15) is 0 Å². The second-order valence-corrected chi connectivity index (χ2v) is 4.07. The molecule has 0 atom stereocenters. The maximum absolute atomic E-state index is 5.69. The Morgan fingerprint density at radius 1 is 1.12 bits per heavy atom. The van der Waals surface area contributed by atoms with E-state index in [-0.39, 0.29) is 0 Å². The van der Waals surface area contributed by atoms with Crippen molar-refractivity contribution in [2.75, 3.05) is 11.2 Å². The van der Waals surface area contributed by atoms with Crippen molar-refractivity contribution >= 4 is 23.2 Å². The molecule has 88 valence electrons. The van der Waals surface area contributed by atoms with Gasteiger partial charge in [-0.1, -0.05) is 12.1 Å². The molecule has 0 saturated carbocycles. The second kappa shape index (κ2) is 6.21. The Labute approximate surface area is 106 Å². The second-order valence-electron chi connectivity index (χ2n) is 3.69. The number of benzene rings is 1. The lowest BCUT2D eigenvalue weighted by Crippen LogP contribution is -1.96. The Kier molecular flexibility index (Phi) is 4.33. The van der Waals surface area contributed by atoms with Crippen LogP contribution < -0.4 is 5.32 Å². The normalized spacial score (nSPS) is 10.2. The van der Waals surface area contributed by atoms with Gasteiger partial charge in [-0.3, -0.25) is 0 Å². The smallest absolute Gasteiger partial charge is 0.227 e. The van der Waals surface area contributed by atoms with Crippen molar-refractivity contribution in [1.29, 1.82) is 0 Å². The highest BCUT2D eigenvalue weighted by Gasteiger charge is 1.98. The van der Waals surface area contributed by atoms with Crippen molar-refractivity contribution in [3.8, 4) is 0 Å². The van der Waals surface area contributed by atoms with Crippen LogP contribution >= 0.6 is 11.6 Å². The van der Waals surface area contributed by atoms with Crippen molar-refractivity contribution in [3.63, 3.8) is 0 Å². The minimum absolute atomic E-state index is 0.613. The van der Waals surface area contributed by atoms with Gasteiger partial charge in [0.05, 0.1) is 0 Å². The van der Waals surface area contributed by atoms with Crippen LogP contribution in [0, 0.1) is 0 Å². The fourth-order valence-electron chi connectivity index (χ4n) is 1.57. The summed E-state index contributed by atoms with van der Waals surface area (Å²) in [6.45, 7) is 0. The average Bonchev–Trinajstić information content (AvgIpc) is 2.38. The summed E-state index contributed by atoms with van der Waals surface area (Å²) in [5.41, 5.74) is 2.27. The highest BCUT2D eigenvalue weighted by Crippen LogP contribution is 2.15. The Morgan fingerprint density at radius 3 is 2.71 bits per heavy atom. The summed E-state index contributed by atoms with van der Waals surface area (Å²) in [4.78, 5) is 8.25. The molecule has 1 aromatic heterocycles. The predicted molar refractivity (Wildman–Crippen MR) is 70.8 cm³/mol. The maximum atomic E-state index is 5.69. The van der Waals surface area contributed by atoms with E-state index in [1.165, 1.54) is 5.56 Å². The van der Waals surface area contributed by atoms with Gasteiger partial charge in [0.25, 0.3) is 0 Å². The highest BCUT2D eigenvalue weighted by molar-refractivity contribution is 6.17. The first-order chi connectivity index (χ1) is 8.38. The van der Waals surface area contributed by atoms with Crippen molar-refractivity contribution in [3.05, 3.63) is 48.3 Å². The Morgan fingerprint density at radius 2 is 1.94 bits per heavy atom. The summed E-state index contributed by atoms with van der Waals surface area (Å²) >= 11 is 5.69. The maximum Gasteiger partial charge on any atom is 0.227 e. The number of aryl methyl sites for hydroxylation is 1. The number of hydrogen-bond acceptors (Lipinski definition) is 3. The van der Waals surface area contributed by atoms with Crippen LogP contribution in [-0.2, 0) is 6.42 Å². The number of hydrogen-bond donors (Lipinski definition) is 1. The summed E-state index contributed by atoms with van der Waals surface area (Å²) in [5, 5.41) is 3.17. The van der Waals surface area contributed by atoms with Crippen molar-refractivity contribution < 1.29 is 0 Å². The van der Waals surface area contributed by atoms with Crippen LogP contribution in [0.25, 0.3) is 0 Å². The van der Waals surface area contributed by atoms with Gasteiger partial charge in [-0.05, 0) is 36.6 Å². The summed E-state index contributed by atoms with van der Waals surface area (Å²) in [6.07, 6.45) is 5.42. The lowest BCUT2D eigenvalue weighted by atomic mass is 10.1. The van der Waals surface area contributed by atoms with Gasteiger partial charge >= 0.3 is 0 Å². The average molecular weight is 248 g/mol. The monoisotopic (exact) mass is 247 g/mol. The minimum Gasteiger partial charge on any atom is -0.324 e. The summed E-state index contributed by atoms with van der Waals surface area (Å²) in [7, 11) is 0. The molecular weight excluding hydrogens is 234 g/mol. The molecule has 0 unspecified atom stereocenters. The summed E-state index contributed by atoms with van der Waals surface area (Å²) in [6, 6.07) is 10.0. The quantitative estimate of drug-likeness (QED) is 0.823. The van der Waals surface area contributed by atoms with Gasteiger partial charge in [0.2, 0.25) is 5.95 Å². The first-order valence-electron chi connectivity index (χ1n) is 5.57. The van der Waals surface area contributed by atoms with E-state index < -0.39 is 0 Å². The van der Waals surface area contributed by atoms with E-state index in [2.05, 4.69) is 27.4 Å². The molecule has 1 aromatic carbocycles. The van der Waals surface area contributed by atoms with Crippen LogP contribution in [0.15, 0.2) is 42.7 Å². The molecule has 1 heterocycles. The van der Waals surface area contributed by atoms with E-state index in [1.807, 2.05) is 12.1 Å². The zero-order valence-corrected chi connectivity index (χ0v) is 10.2. The fraction of sp³-hybridized carbons (Fsp3) is 0.231. The molecule has 17 heavy (non-hydrogen) atoms. The number of rotatable bonds is 5. The zero-order chi connectivity index (χ0) is 11.9. The highest BCUT2D eigenvalue weighted by atomic mass is 35.5. The topological polar surface area (TPSA) is 37.8 Å². The Balaban J connectivity index is 2.06. The van der Waals surface area contributed by atoms with E-state index in [0.29, 0.717) is 11.8 Å². The van der Waals surface area contributed by atoms with Crippen molar-refractivity contribution in [1.82, 2.24) is 9.97 Å². The van der Waals surface area contributed by atoms with Crippen LogP contribution in [0.1, 0.15) is 12.0 Å². The fourth-order valence-corrected chi connectivity index (χ4v) is 1.70. The van der Waals surface area contributed by atoms with E-state index in [0.717, 1.165) is 18.5 Å². The molecule has 0 bridgehead atoms. The van der Waals surface area contributed by atoms with E-state index in [4.69, 9.17) is 11.6 Å². The van der Waals surface area contributed by atoms with Gasteiger partial charge in [0, 0.05) is 24.0 Å². The molecular formula is C13H14ClN3. The molecule has 0 amide bonds. The Bertz CT molecular complexity index is 459. The molecule has 0 radical (unpaired) electrons. The number of alkyl halides is 1. The first-order valence-corrected chi connectivity index (χ1v) is 6.11. The van der Waals surface area contributed by atoms with Crippen molar-refractivity contribution in [2.24, 2.45) is 0 Å². The summed E-state index contributed by atoms with van der Waals surface area (Å²) < 4.78 is 0. The van der Waals surface area contributed by atoms with Crippen LogP contribution in [0.3, 0.4) is 0 Å². The molecule has 0 spiro atoms. The molecule has 3 nitrogen and oxygen atoms in total. The molecule has 0 aliphatic heterocycles. The zero-order valence-electron chi connectivity index (χ0n) is 9.44. The molecule has 0 saturated heterocycles. The largest absolute Gasteiger partial charge is 0.324 e. The van der Waals surface area contributed by atoms with Gasteiger partial charge < -0.3 is 5.32 Å². The van der Waals surface area contributed by atoms with Crippen LogP contribution in [0.4, 0.5) is 11.6 Å². The molecule has 2 aromatic rings. The van der Waals surface area contributed by atoms with Gasteiger partial charge in [0.15, 0.2) is 0 Å². The van der Waals surface area contributed by atoms with Crippen LogP contribution in [-0.4, -0.2) is 15.8 Å². The number of anilines is 2.